The number of urea groups is 1. The van der Waals surface area contributed by atoms with Crippen LogP contribution < -0.4 is 5.32 Å². The third kappa shape index (κ3) is 4.30. The van der Waals surface area contributed by atoms with Crippen molar-refractivity contribution in [1.29, 1.82) is 0 Å². The van der Waals surface area contributed by atoms with E-state index >= 15 is 0 Å². The van der Waals surface area contributed by atoms with Crippen molar-refractivity contribution >= 4 is 17.7 Å². The Hall–Kier alpha value is -2.83. The quantitative estimate of drug-likeness (QED) is 0.790. The van der Waals surface area contributed by atoms with Crippen molar-refractivity contribution in [2.75, 3.05) is 18.5 Å². The number of amides is 2. The first-order valence-corrected chi connectivity index (χ1v) is 9.31. The number of nitrogens with zero attached hydrogens (tertiary/aromatic N) is 2. The Morgan fingerprint density at radius 2 is 2.07 bits per heavy atom. The number of ether oxygens (including phenoxy) is 1. The van der Waals surface area contributed by atoms with E-state index in [1.807, 2.05) is 6.07 Å². The molecule has 1 saturated heterocycles. The number of carbonyl (C=O) groups is 2. The predicted molar refractivity (Wildman–Crippen MR) is 101 cm³/mol. The normalized spacial score (nSPS) is 16.6. The standard InChI is InChI=1S/C20H25N3O4/c1-4-26-19(24)14-7-9-15(10-8-14)21-20(25)23-11-5-6-17(23)18-12-16(13(2)3)22-27-18/h7-10,12-13,17H,4-6,11H2,1-3H3,(H,21,25)/t17-/m0/s1. The van der Waals surface area contributed by atoms with Crippen LogP contribution in [0.25, 0.3) is 0 Å². The summed E-state index contributed by atoms with van der Waals surface area (Å²) < 4.78 is 10.4. The van der Waals surface area contributed by atoms with Crippen molar-refractivity contribution in [1.82, 2.24) is 10.1 Å². The molecule has 1 fully saturated rings. The number of hydrogen-bond acceptors (Lipinski definition) is 5. The topological polar surface area (TPSA) is 84.7 Å². The summed E-state index contributed by atoms with van der Waals surface area (Å²) in [4.78, 5) is 26.2. The second kappa shape index (κ2) is 8.24. The van der Waals surface area contributed by atoms with E-state index in [1.165, 1.54) is 0 Å². The molecule has 0 unspecified atom stereocenters. The van der Waals surface area contributed by atoms with Crippen LogP contribution in [0.2, 0.25) is 0 Å². The van der Waals surface area contributed by atoms with Gasteiger partial charge in [0.1, 0.15) is 0 Å². The van der Waals surface area contributed by atoms with Crippen LogP contribution in [0.1, 0.15) is 67.4 Å². The summed E-state index contributed by atoms with van der Waals surface area (Å²) in [5.74, 6) is 0.634. The van der Waals surface area contributed by atoms with Gasteiger partial charge in [0.15, 0.2) is 5.76 Å². The molecular formula is C20H25N3O4. The van der Waals surface area contributed by atoms with Gasteiger partial charge in [-0.2, -0.15) is 0 Å². The number of likely N-dealkylation sites (tertiary alicyclic amines) is 1. The van der Waals surface area contributed by atoms with Crippen LogP contribution in [0, 0.1) is 0 Å². The highest BCUT2D eigenvalue weighted by molar-refractivity contribution is 5.92. The minimum atomic E-state index is -0.374. The van der Waals surface area contributed by atoms with Crippen LogP contribution >= 0.6 is 0 Å². The molecule has 2 aromatic rings. The second-order valence-electron chi connectivity index (χ2n) is 6.89. The first-order valence-electron chi connectivity index (χ1n) is 9.31. The van der Waals surface area contributed by atoms with Crippen molar-refractivity contribution < 1.29 is 18.8 Å². The van der Waals surface area contributed by atoms with Crippen LogP contribution in [0.5, 0.6) is 0 Å². The maximum Gasteiger partial charge on any atom is 0.338 e. The maximum absolute atomic E-state index is 12.7. The van der Waals surface area contributed by atoms with Gasteiger partial charge in [-0.1, -0.05) is 19.0 Å². The molecule has 0 aliphatic carbocycles. The van der Waals surface area contributed by atoms with Gasteiger partial charge in [0.25, 0.3) is 0 Å². The molecule has 27 heavy (non-hydrogen) atoms. The lowest BCUT2D eigenvalue weighted by molar-refractivity contribution is 0.0526. The Balaban J connectivity index is 1.66. The number of carbonyl (C=O) groups excluding carboxylic acids is 2. The molecule has 144 valence electrons. The SMILES string of the molecule is CCOC(=O)c1ccc(NC(=O)N2CCC[C@H]2c2cc(C(C)C)no2)cc1. The average Bonchev–Trinajstić information content (AvgIpc) is 3.31. The summed E-state index contributed by atoms with van der Waals surface area (Å²) in [5, 5.41) is 6.99. The molecular weight excluding hydrogens is 346 g/mol. The number of anilines is 1. The summed E-state index contributed by atoms with van der Waals surface area (Å²) >= 11 is 0. The number of rotatable bonds is 5. The summed E-state index contributed by atoms with van der Waals surface area (Å²) in [6, 6.07) is 8.31. The summed E-state index contributed by atoms with van der Waals surface area (Å²) in [7, 11) is 0. The van der Waals surface area contributed by atoms with Crippen molar-refractivity contribution in [3.8, 4) is 0 Å². The smallest absolute Gasteiger partial charge is 0.338 e. The van der Waals surface area contributed by atoms with E-state index in [4.69, 9.17) is 9.26 Å². The Bertz CT molecular complexity index is 798. The monoisotopic (exact) mass is 371 g/mol. The van der Waals surface area contributed by atoms with Crippen molar-refractivity contribution in [2.45, 2.75) is 45.6 Å². The van der Waals surface area contributed by atoms with Crippen LogP contribution in [-0.2, 0) is 4.74 Å². The summed E-state index contributed by atoms with van der Waals surface area (Å²) in [6.07, 6.45) is 1.76. The molecule has 7 heteroatoms. The molecule has 2 amide bonds. The van der Waals surface area contributed by atoms with Gasteiger partial charge in [0.2, 0.25) is 0 Å². The number of esters is 1. The lowest BCUT2D eigenvalue weighted by atomic mass is 10.1. The third-order valence-electron chi connectivity index (χ3n) is 4.63. The molecule has 3 rings (SSSR count). The number of aromatic nitrogens is 1. The Morgan fingerprint density at radius 3 is 2.70 bits per heavy atom. The minimum Gasteiger partial charge on any atom is -0.462 e. The van der Waals surface area contributed by atoms with Gasteiger partial charge in [0, 0.05) is 18.3 Å². The lowest BCUT2D eigenvalue weighted by Gasteiger charge is -2.23. The molecule has 7 nitrogen and oxygen atoms in total. The fourth-order valence-corrected chi connectivity index (χ4v) is 3.14. The average molecular weight is 371 g/mol. The zero-order valence-corrected chi connectivity index (χ0v) is 15.9. The van der Waals surface area contributed by atoms with E-state index < -0.39 is 0 Å². The van der Waals surface area contributed by atoms with Crippen LogP contribution in [0.4, 0.5) is 10.5 Å². The first kappa shape index (κ1) is 18.9. The molecule has 1 atom stereocenters. The molecule has 0 saturated carbocycles. The molecule has 0 bridgehead atoms. The largest absolute Gasteiger partial charge is 0.462 e. The summed E-state index contributed by atoms with van der Waals surface area (Å²) in [6.45, 7) is 6.86. The van der Waals surface area contributed by atoms with Crippen molar-refractivity contribution in [3.05, 3.63) is 47.3 Å². The van der Waals surface area contributed by atoms with Gasteiger partial charge in [0.05, 0.1) is 23.9 Å². The fraction of sp³-hybridized carbons (Fsp3) is 0.450. The van der Waals surface area contributed by atoms with Gasteiger partial charge >= 0.3 is 12.0 Å². The molecule has 0 radical (unpaired) electrons. The molecule has 2 heterocycles. The van der Waals surface area contributed by atoms with Crippen molar-refractivity contribution in [2.24, 2.45) is 0 Å². The zero-order chi connectivity index (χ0) is 19.4. The second-order valence-corrected chi connectivity index (χ2v) is 6.89. The molecule has 1 aliphatic rings. The minimum absolute atomic E-state index is 0.108. The van der Waals surface area contributed by atoms with Crippen LogP contribution in [0.3, 0.4) is 0 Å². The van der Waals surface area contributed by atoms with Gasteiger partial charge in [-0.3, -0.25) is 0 Å². The van der Waals surface area contributed by atoms with E-state index in [0.717, 1.165) is 24.3 Å². The number of benzene rings is 1. The molecule has 1 aromatic heterocycles. The van der Waals surface area contributed by atoms with Crippen LogP contribution in [-0.4, -0.2) is 35.2 Å². The highest BCUT2D eigenvalue weighted by Gasteiger charge is 2.33. The number of hydrogen-bond donors (Lipinski definition) is 1. The molecule has 1 aromatic carbocycles. The fourth-order valence-electron chi connectivity index (χ4n) is 3.14. The zero-order valence-electron chi connectivity index (χ0n) is 15.9. The first-order chi connectivity index (χ1) is 13.0. The van der Waals surface area contributed by atoms with Gasteiger partial charge in [-0.05, 0) is 49.9 Å². The van der Waals surface area contributed by atoms with Gasteiger partial charge in [-0.15, -0.1) is 0 Å². The Labute approximate surface area is 158 Å². The van der Waals surface area contributed by atoms with E-state index in [9.17, 15) is 9.59 Å². The predicted octanol–water partition coefficient (Wildman–Crippen LogP) is 4.34. The van der Waals surface area contributed by atoms with Gasteiger partial charge < -0.3 is 19.5 Å². The Morgan fingerprint density at radius 1 is 1.33 bits per heavy atom. The number of nitrogens with one attached hydrogen (secondary N) is 1. The summed E-state index contributed by atoms with van der Waals surface area (Å²) in [5.41, 5.74) is 1.97. The highest BCUT2D eigenvalue weighted by Crippen LogP contribution is 2.33. The van der Waals surface area contributed by atoms with E-state index in [2.05, 4.69) is 24.3 Å². The molecule has 1 aliphatic heterocycles. The third-order valence-corrected chi connectivity index (χ3v) is 4.63. The van der Waals surface area contributed by atoms with Crippen LogP contribution in [0.15, 0.2) is 34.9 Å². The van der Waals surface area contributed by atoms with E-state index in [1.54, 1.807) is 36.1 Å². The highest BCUT2D eigenvalue weighted by atomic mass is 16.5. The maximum atomic E-state index is 12.7. The lowest BCUT2D eigenvalue weighted by Crippen LogP contribution is -2.34. The molecule has 0 spiro atoms. The van der Waals surface area contributed by atoms with Gasteiger partial charge in [-0.25, -0.2) is 9.59 Å². The van der Waals surface area contributed by atoms with E-state index in [0.29, 0.717) is 24.4 Å². The Kier molecular flexibility index (Phi) is 5.78. The van der Waals surface area contributed by atoms with Crippen molar-refractivity contribution in [3.63, 3.8) is 0 Å². The molecule has 1 N–H and O–H groups in total. The van der Waals surface area contributed by atoms with E-state index in [-0.39, 0.29) is 24.0 Å².